The number of nitrogens with zero attached hydrogens (tertiary/aromatic N) is 3. The van der Waals surface area contributed by atoms with Gasteiger partial charge in [0.2, 0.25) is 0 Å². The maximum Gasteiger partial charge on any atom is 0.270 e. The predicted molar refractivity (Wildman–Crippen MR) is 141 cm³/mol. The average Bonchev–Trinajstić information content (AvgIpc) is 3.53. The third-order valence-corrected chi connectivity index (χ3v) is 7.74. The van der Waals surface area contributed by atoms with Crippen molar-refractivity contribution in [1.82, 2.24) is 9.55 Å². The van der Waals surface area contributed by atoms with Crippen molar-refractivity contribution in [2.24, 2.45) is 0 Å². The molecule has 6 rings (SSSR count). The number of hydrogen-bond acceptors (Lipinski definition) is 5. The van der Waals surface area contributed by atoms with Gasteiger partial charge in [0.25, 0.3) is 5.91 Å². The van der Waals surface area contributed by atoms with Crippen LogP contribution in [-0.2, 0) is 24.2 Å². The summed E-state index contributed by atoms with van der Waals surface area (Å²) in [5.41, 5.74) is 7.65. The molecule has 7 heteroatoms. The lowest BCUT2D eigenvalue weighted by molar-refractivity contribution is -0.113. The molecule has 168 valence electrons. The molecule has 0 spiro atoms. The monoisotopic (exact) mass is 483 g/mol. The maximum atomic E-state index is 13.1. The number of aliphatic hydroxyl groups excluding tert-OH is 1. The van der Waals surface area contributed by atoms with Gasteiger partial charge in [-0.3, -0.25) is 14.7 Å². The van der Waals surface area contributed by atoms with E-state index in [0.717, 1.165) is 41.8 Å². The highest BCUT2D eigenvalue weighted by molar-refractivity contribution is 8.27. The number of amides is 1. The highest BCUT2D eigenvalue weighted by Gasteiger charge is 2.33. The van der Waals surface area contributed by atoms with Crippen LogP contribution < -0.4 is 4.90 Å². The second kappa shape index (κ2) is 8.51. The van der Waals surface area contributed by atoms with Crippen molar-refractivity contribution in [2.45, 2.75) is 25.9 Å². The second-order valence-corrected chi connectivity index (χ2v) is 10.1. The fraction of sp³-hybridized carbons (Fsp3) is 0.148. The molecule has 1 aliphatic heterocycles. The molecule has 1 amide bonds. The first-order valence-corrected chi connectivity index (χ1v) is 12.4. The molecule has 0 bridgehead atoms. The molecule has 1 aliphatic carbocycles. The number of benzene rings is 2. The topological polar surface area (TPSA) is 58.4 Å². The van der Waals surface area contributed by atoms with E-state index in [-0.39, 0.29) is 12.5 Å². The summed E-state index contributed by atoms with van der Waals surface area (Å²) < 4.78 is 2.87. The Balaban J connectivity index is 1.40. The highest BCUT2D eigenvalue weighted by Crippen LogP contribution is 2.38. The number of rotatable bonds is 4. The quantitative estimate of drug-likeness (QED) is 0.311. The maximum absolute atomic E-state index is 13.1. The molecule has 5 nitrogen and oxygen atoms in total. The molecule has 3 heterocycles. The Hall–Kier alpha value is -3.26. The van der Waals surface area contributed by atoms with E-state index in [9.17, 15) is 9.90 Å². The van der Waals surface area contributed by atoms with Crippen molar-refractivity contribution in [3.05, 3.63) is 94.3 Å². The number of carbonyl (C=O) groups is 1. The van der Waals surface area contributed by atoms with Crippen molar-refractivity contribution >= 4 is 56.9 Å². The molecule has 2 aromatic heterocycles. The van der Waals surface area contributed by atoms with Gasteiger partial charge in [0.05, 0.1) is 22.7 Å². The number of aliphatic hydroxyl groups is 1. The van der Waals surface area contributed by atoms with Crippen LogP contribution in [0.3, 0.4) is 0 Å². The Morgan fingerprint density at radius 2 is 1.82 bits per heavy atom. The van der Waals surface area contributed by atoms with E-state index in [0.29, 0.717) is 9.23 Å². The summed E-state index contributed by atoms with van der Waals surface area (Å²) in [6.45, 7) is 0.0433. The van der Waals surface area contributed by atoms with E-state index >= 15 is 0 Å². The SMILES string of the molecule is O=C1C(=Cc2ccc3c(c2)c2c(n3-c3ccc(CO)cc3)CCC2)SC(=S)N1c1ccncc1. The zero-order chi connectivity index (χ0) is 23.2. The van der Waals surface area contributed by atoms with Crippen LogP contribution in [0, 0.1) is 0 Å². The minimum Gasteiger partial charge on any atom is -0.392 e. The molecule has 2 aliphatic rings. The first kappa shape index (κ1) is 21.3. The summed E-state index contributed by atoms with van der Waals surface area (Å²) in [7, 11) is 0. The van der Waals surface area contributed by atoms with Gasteiger partial charge >= 0.3 is 0 Å². The molecule has 1 fully saturated rings. The molecule has 1 saturated heterocycles. The van der Waals surface area contributed by atoms with Crippen LogP contribution in [-0.4, -0.2) is 24.9 Å². The first-order chi connectivity index (χ1) is 16.6. The molecule has 1 N–H and O–H groups in total. The number of carbonyl (C=O) groups excluding carboxylic acids is 1. The minimum absolute atomic E-state index is 0.0433. The van der Waals surface area contributed by atoms with E-state index in [1.165, 1.54) is 33.9 Å². The molecular weight excluding hydrogens is 462 g/mol. The fourth-order valence-electron chi connectivity index (χ4n) is 4.87. The summed E-state index contributed by atoms with van der Waals surface area (Å²) in [5.74, 6) is -0.104. The number of pyridine rings is 1. The van der Waals surface area contributed by atoms with E-state index in [2.05, 4.69) is 39.9 Å². The van der Waals surface area contributed by atoms with Crippen molar-refractivity contribution < 1.29 is 9.90 Å². The summed E-state index contributed by atoms with van der Waals surface area (Å²) in [6, 6.07) is 18.1. The molecule has 0 saturated carbocycles. The van der Waals surface area contributed by atoms with E-state index in [1.54, 1.807) is 29.4 Å². The van der Waals surface area contributed by atoms with E-state index < -0.39 is 0 Å². The molecule has 34 heavy (non-hydrogen) atoms. The average molecular weight is 484 g/mol. The van der Waals surface area contributed by atoms with Crippen LogP contribution in [0.4, 0.5) is 5.69 Å². The lowest BCUT2D eigenvalue weighted by Crippen LogP contribution is -2.27. The number of fused-ring (bicyclic) bond motifs is 3. The van der Waals surface area contributed by atoms with Gasteiger partial charge in [-0.25, -0.2) is 0 Å². The fourth-order valence-corrected chi connectivity index (χ4v) is 6.17. The van der Waals surface area contributed by atoms with Crippen LogP contribution in [0.5, 0.6) is 0 Å². The van der Waals surface area contributed by atoms with Crippen LogP contribution in [0.1, 0.15) is 28.8 Å². The van der Waals surface area contributed by atoms with Crippen molar-refractivity contribution in [2.75, 3.05) is 4.90 Å². The second-order valence-electron chi connectivity index (χ2n) is 8.44. The zero-order valence-corrected chi connectivity index (χ0v) is 19.9. The van der Waals surface area contributed by atoms with Gasteiger partial charge in [0, 0.05) is 29.2 Å². The van der Waals surface area contributed by atoms with Gasteiger partial charge in [0.15, 0.2) is 4.32 Å². The predicted octanol–water partition coefficient (Wildman–Crippen LogP) is 5.41. The lowest BCUT2D eigenvalue weighted by Gasteiger charge is -2.13. The van der Waals surface area contributed by atoms with Crippen LogP contribution >= 0.6 is 24.0 Å². The highest BCUT2D eigenvalue weighted by atomic mass is 32.2. The molecule has 2 aromatic carbocycles. The largest absolute Gasteiger partial charge is 0.392 e. The molecule has 4 aromatic rings. The molecular formula is C27H21N3O2S2. The van der Waals surface area contributed by atoms with Crippen LogP contribution in [0.25, 0.3) is 22.7 Å². The van der Waals surface area contributed by atoms with Crippen LogP contribution in [0.2, 0.25) is 0 Å². The Morgan fingerprint density at radius 3 is 2.59 bits per heavy atom. The zero-order valence-electron chi connectivity index (χ0n) is 18.3. The molecule has 0 unspecified atom stereocenters. The van der Waals surface area contributed by atoms with Crippen molar-refractivity contribution in [3.63, 3.8) is 0 Å². The number of thiocarbonyl (C=S) groups is 1. The Bertz CT molecular complexity index is 1470. The Labute approximate surface area is 206 Å². The third kappa shape index (κ3) is 3.48. The van der Waals surface area contributed by atoms with Gasteiger partial charge in [-0.05, 0) is 78.4 Å². The smallest absolute Gasteiger partial charge is 0.270 e. The van der Waals surface area contributed by atoms with Gasteiger partial charge < -0.3 is 9.67 Å². The number of aromatic nitrogens is 2. The first-order valence-electron chi connectivity index (χ1n) is 11.2. The third-order valence-electron chi connectivity index (χ3n) is 6.43. The van der Waals surface area contributed by atoms with Crippen molar-refractivity contribution in [1.29, 1.82) is 0 Å². The van der Waals surface area contributed by atoms with Crippen molar-refractivity contribution in [3.8, 4) is 5.69 Å². The standard InChI is InChI=1S/C27H21N3O2S2/c31-16-17-4-7-19(8-5-17)29-23-3-1-2-21(23)22-14-18(6-9-24(22)29)15-25-26(32)30(27(33)34-25)20-10-12-28-13-11-20/h4-15,31H,1-3,16H2. The summed E-state index contributed by atoms with van der Waals surface area (Å²) in [4.78, 5) is 19.3. The Morgan fingerprint density at radius 1 is 1.03 bits per heavy atom. The number of hydrogen-bond donors (Lipinski definition) is 1. The molecule has 0 atom stereocenters. The normalized spacial score (nSPS) is 16.7. The summed E-state index contributed by atoms with van der Waals surface area (Å²) in [6.07, 6.45) is 8.51. The Kier molecular flexibility index (Phi) is 5.32. The summed E-state index contributed by atoms with van der Waals surface area (Å²) in [5, 5.41) is 10.6. The van der Waals surface area contributed by atoms with Gasteiger partial charge in [0.1, 0.15) is 0 Å². The lowest BCUT2D eigenvalue weighted by atomic mass is 10.1. The van der Waals surface area contributed by atoms with E-state index in [1.807, 2.05) is 18.2 Å². The molecule has 0 radical (unpaired) electrons. The summed E-state index contributed by atoms with van der Waals surface area (Å²) >= 11 is 6.83. The van der Waals surface area contributed by atoms with Crippen LogP contribution in [0.15, 0.2) is 71.9 Å². The van der Waals surface area contributed by atoms with Gasteiger partial charge in [-0.1, -0.05) is 42.2 Å². The van der Waals surface area contributed by atoms with Gasteiger partial charge in [-0.15, -0.1) is 0 Å². The number of aryl methyl sites for hydroxylation is 1. The number of anilines is 1. The number of thioether (sulfide) groups is 1. The minimum atomic E-state index is -0.104. The van der Waals surface area contributed by atoms with E-state index in [4.69, 9.17) is 12.2 Å². The van der Waals surface area contributed by atoms with Gasteiger partial charge in [-0.2, -0.15) is 0 Å².